The first-order valence-electron chi connectivity index (χ1n) is 19.9. The molecule has 2 atom stereocenters. The summed E-state index contributed by atoms with van der Waals surface area (Å²) in [4.78, 5) is 20.5. The van der Waals surface area contributed by atoms with E-state index in [4.69, 9.17) is 28.2 Å². The topological polar surface area (TPSA) is 119 Å². The maximum Gasteiger partial charge on any atom is 0.197 e. The van der Waals surface area contributed by atoms with Crippen molar-refractivity contribution in [3.63, 3.8) is 0 Å². The third-order valence-corrected chi connectivity index (χ3v) is 11.4. The van der Waals surface area contributed by atoms with Gasteiger partial charge >= 0.3 is 0 Å². The van der Waals surface area contributed by atoms with Crippen LogP contribution >= 0.6 is 0 Å². The molecular weight excluding hydrogens is 701 g/mol. The number of nitrogens with one attached hydrogen (secondary N) is 3. The molecule has 3 N–H and O–H groups in total. The number of anilines is 6. The summed E-state index contributed by atoms with van der Waals surface area (Å²) in [6.45, 7) is 8.15. The number of amidine groups is 3. The van der Waals surface area contributed by atoms with E-state index in [0.717, 1.165) is 82.9 Å². The Morgan fingerprint density at radius 1 is 0.714 bits per heavy atom. The predicted octanol–water partition coefficient (Wildman–Crippen LogP) is 10.0. The molecule has 8 heterocycles. The molecule has 0 amide bonds. The maximum atomic E-state index is 6.03. The van der Waals surface area contributed by atoms with Crippen LogP contribution in [0.5, 0.6) is 0 Å². The quantitative estimate of drug-likeness (QED) is 0.136. The number of allylic oxidation sites excluding steroid dienone is 1. The van der Waals surface area contributed by atoms with E-state index in [0.29, 0.717) is 23.4 Å². The lowest BCUT2D eigenvalue weighted by Gasteiger charge is -2.35. The standard InChI is InChI=1S/C45H46N8O3/c1-28-9-15-40(55-28)46-38-25-32(52-18-5-3-6-19-52)11-13-34(38)36-23-31-24-37(49-45-42(31)44(48-36)50-43(51-45)30-17-22-54-27-30)35-14-12-33(53-20-7-4-8-21-53)26-39(35)47-41-16-10-29(2)56-41/h9-17,22-27,36,42,46-47H,3-8,18-21H2,1-2H3,(H,48,49,50,51). The van der Waals surface area contributed by atoms with Gasteiger partial charge in [0.05, 0.1) is 23.6 Å². The number of dihydropyridines is 1. The Bertz CT molecular complexity index is 2420. The monoisotopic (exact) mass is 746 g/mol. The van der Waals surface area contributed by atoms with Crippen molar-refractivity contribution in [1.82, 2.24) is 5.32 Å². The molecule has 0 spiro atoms. The molecule has 2 fully saturated rings. The molecular formula is C45H46N8O3. The highest BCUT2D eigenvalue weighted by molar-refractivity contribution is 6.25. The third kappa shape index (κ3) is 6.71. The van der Waals surface area contributed by atoms with Crippen LogP contribution in [-0.2, 0) is 0 Å². The summed E-state index contributed by atoms with van der Waals surface area (Å²) >= 11 is 0. The first-order chi connectivity index (χ1) is 27.5. The van der Waals surface area contributed by atoms with Crippen LogP contribution in [0.25, 0.3) is 5.70 Å². The zero-order valence-electron chi connectivity index (χ0n) is 31.8. The summed E-state index contributed by atoms with van der Waals surface area (Å²) in [7, 11) is 0. The van der Waals surface area contributed by atoms with Gasteiger partial charge in [0.25, 0.3) is 0 Å². The van der Waals surface area contributed by atoms with Gasteiger partial charge in [0.15, 0.2) is 17.6 Å². The number of rotatable bonds is 9. The average molecular weight is 747 g/mol. The lowest BCUT2D eigenvalue weighted by molar-refractivity contribution is 0.550. The predicted molar refractivity (Wildman–Crippen MR) is 224 cm³/mol. The first kappa shape index (κ1) is 34.3. The Morgan fingerprint density at radius 3 is 2.02 bits per heavy atom. The van der Waals surface area contributed by atoms with Crippen LogP contribution in [0, 0.1) is 19.8 Å². The molecule has 11 nitrogen and oxygen atoms in total. The fourth-order valence-corrected chi connectivity index (χ4v) is 8.51. The molecule has 11 heteroatoms. The Labute approximate surface area is 326 Å². The van der Waals surface area contributed by atoms with Gasteiger partial charge in [-0.15, -0.1) is 0 Å². The fraction of sp³-hybridized carbons (Fsp3) is 0.311. The smallest absolute Gasteiger partial charge is 0.197 e. The van der Waals surface area contributed by atoms with Crippen molar-refractivity contribution in [3.8, 4) is 0 Å². The van der Waals surface area contributed by atoms with E-state index in [9.17, 15) is 0 Å². The summed E-state index contributed by atoms with van der Waals surface area (Å²) in [5.41, 5.74) is 9.18. The number of aryl methyl sites for hydroxylation is 2. The van der Waals surface area contributed by atoms with Crippen LogP contribution in [-0.4, -0.2) is 43.7 Å². The van der Waals surface area contributed by atoms with Crippen molar-refractivity contribution >= 4 is 57.7 Å². The van der Waals surface area contributed by atoms with E-state index in [1.54, 1.807) is 12.5 Å². The lowest BCUT2D eigenvalue weighted by Crippen LogP contribution is -2.43. The number of benzene rings is 2. The molecule has 0 radical (unpaired) electrons. The molecule has 5 aromatic rings. The Kier molecular flexibility index (Phi) is 8.84. The first-order valence-corrected chi connectivity index (χ1v) is 19.9. The highest BCUT2D eigenvalue weighted by Crippen LogP contribution is 2.42. The van der Waals surface area contributed by atoms with Crippen molar-refractivity contribution in [2.75, 3.05) is 46.6 Å². The van der Waals surface area contributed by atoms with Gasteiger partial charge in [-0.05, 0) is 113 Å². The van der Waals surface area contributed by atoms with E-state index in [1.807, 2.05) is 44.2 Å². The molecule has 0 saturated carbocycles. The van der Waals surface area contributed by atoms with Crippen molar-refractivity contribution in [2.45, 2.75) is 58.4 Å². The highest BCUT2D eigenvalue weighted by atomic mass is 16.4. The second-order valence-corrected chi connectivity index (χ2v) is 15.3. The van der Waals surface area contributed by atoms with E-state index < -0.39 is 0 Å². The van der Waals surface area contributed by atoms with Crippen molar-refractivity contribution in [2.24, 2.45) is 20.9 Å². The minimum atomic E-state index is -0.320. The Balaban J connectivity index is 1.09. The summed E-state index contributed by atoms with van der Waals surface area (Å²) in [5.74, 6) is 4.92. The van der Waals surface area contributed by atoms with Gasteiger partial charge in [0, 0.05) is 72.2 Å². The van der Waals surface area contributed by atoms with E-state index in [-0.39, 0.29) is 12.0 Å². The van der Waals surface area contributed by atoms with Gasteiger partial charge in [-0.25, -0.2) is 9.98 Å². The second-order valence-electron chi connectivity index (χ2n) is 15.3. The second kappa shape index (κ2) is 14.4. The molecule has 5 aliphatic rings. The van der Waals surface area contributed by atoms with Crippen molar-refractivity contribution < 1.29 is 13.3 Å². The molecule has 0 aliphatic carbocycles. The Morgan fingerprint density at radius 2 is 1.38 bits per heavy atom. The number of furan rings is 3. The van der Waals surface area contributed by atoms with Crippen LogP contribution in [0.2, 0.25) is 0 Å². The number of piperidine rings is 2. The molecule has 2 aromatic carbocycles. The van der Waals surface area contributed by atoms with Crippen LogP contribution in [0.15, 0.2) is 125 Å². The van der Waals surface area contributed by atoms with Gasteiger partial charge in [-0.1, -0.05) is 12.1 Å². The number of hydrogen-bond donors (Lipinski definition) is 3. The normalized spacial score (nSPS) is 20.6. The fourth-order valence-electron chi connectivity index (χ4n) is 8.51. The largest absolute Gasteiger partial charge is 0.472 e. The summed E-state index contributed by atoms with van der Waals surface area (Å²) in [6, 6.07) is 22.9. The van der Waals surface area contributed by atoms with E-state index in [1.165, 1.54) is 49.9 Å². The lowest BCUT2D eigenvalue weighted by atomic mass is 9.84. The van der Waals surface area contributed by atoms with Gasteiger partial charge in [0.2, 0.25) is 0 Å². The van der Waals surface area contributed by atoms with Crippen LogP contribution in [0.4, 0.5) is 34.5 Å². The minimum absolute atomic E-state index is 0.237. The van der Waals surface area contributed by atoms with Gasteiger partial charge in [-0.2, -0.15) is 0 Å². The SMILES string of the molecule is Cc1ccc(Nc2cc(N3CCCCC3)ccc2C2=CC3=CC(c4ccc(N5CCCCC5)cc4Nc4ccc(C)o4)N=C4N=C(c5ccoc5)N=C(N2)C34)o1. The van der Waals surface area contributed by atoms with Crippen LogP contribution in [0.1, 0.15) is 72.8 Å². The average Bonchev–Trinajstić information content (AvgIpc) is 4.01. The zero-order chi connectivity index (χ0) is 37.6. The highest BCUT2D eigenvalue weighted by Gasteiger charge is 2.38. The molecule has 0 bridgehead atoms. The van der Waals surface area contributed by atoms with Gasteiger partial charge in [-0.3, -0.25) is 4.99 Å². The maximum absolute atomic E-state index is 6.03. The molecule has 56 heavy (non-hydrogen) atoms. The molecule has 2 unspecified atom stereocenters. The summed E-state index contributed by atoms with van der Waals surface area (Å²) < 4.78 is 17.5. The number of nitrogens with zero attached hydrogens (tertiary/aromatic N) is 5. The van der Waals surface area contributed by atoms with E-state index >= 15 is 0 Å². The summed E-state index contributed by atoms with van der Waals surface area (Å²) in [5, 5.41) is 11.0. The molecule has 3 aromatic heterocycles. The third-order valence-electron chi connectivity index (χ3n) is 11.4. The molecule has 284 valence electrons. The Hall–Kier alpha value is -6.23. The molecule has 5 aliphatic heterocycles. The molecule has 2 saturated heterocycles. The van der Waals surface area contributed by atoms with Gasteiger partial charge < -0.3 is 39.0 Å². The minimum Gasteiger partial charge on any atom is -0.472 e. The van der Waals surface area contributed by atoms with Crippen molar-refractivity contribution in [3.05, 3.63) is 125 Å². The summed E-state index contributed by atoms with van der Waals surface area (Å²) in [6.07, 6.45) is 15.2. The van der Waals surface area contributed by atoms with Gasteiger partial charge in [0.1, 0.15) is 35.4 Å². The van der Waals surface area contributed by atoms with Crippen molar-refractivity contribution in [1.29, 1.82) is 0 Å². The van der Waals surface area contributed by atoms with E-state index in [2.05, 4.69) is 74.3 Å². The van der Waals surface area contributed by atoms with Crippen LogP contribution in [0.3, 0.4) is 0 Å². The number of aliphatic imine (C=N–C) groups is 3. The number of hydrogen-bond acceptors (Lipinski definition) is 11. The zero-order valence-corrected chi connectivity index (χ0v) is 31.8. The van der Waals surface area contributed by atoms with Crippen LogP contribution < -0.4 is 25.8 Å². The molecule has 10 rings (SSSR count).